The van der Waals surface area contributed by atoms with Gasteiger partial charge in [-0.2, -0.15) is 5.26 Å². The average Bonchev–Trinajstić information content (AvgIpc) is 2.42. The van der Waals surface area contributed by atoms with E-state index in [1.54, 1.807) is 12.1 Å². The van der Waals surface area contributed by atoms with Gasteiger partial charge in [0.05, 0.1) is 22.3 Å². The predicted octanol–water partition coefficient (Wildman–Crippen LogP) is 3.36. The molecule has 0 aliphatic carbocycles. The van der Waals surface area contributed by atoms with Crippen LogP contribution in [0.15, 0.2) is 18.2 Å². The van der Waals surface area contributed by atoms with E-state index in [4.69, 9.17) is 16.9 Å². The van der Waals surface area contributed by atoms with Gasteiger partial charge in [-0.15, -0.1) is 0 Å². The molecule has 1 aromatic rings. The first kappa shape index (κ1) is 14.2. The Hall–Kier alpha value is -1.24. The fourth-order valence-electron chi connectivity index (χ4n) is 2.49. The molecule has 1 N–H and O–H groups in total. The second kappa shape index (κ2) is 6.79. The Morgan fingerprint density at radius 3 is 2.79 bits per heavy atom. The molecule has 0 unspecified atom stereocenters. The van der Waals surface area contributed by atoms with Crippen LogP contribution in [0.1, 0.15) is 24.8 Å². The molecule has 0 bridgehead atoms. The van der Waals surface area contributed by atoms with Gasteiger partial charge in [-0.05, 0) is 63.5 Å². The largest absolute Gasteiger partial charge is 0.384 e. The third-order valence-electron chi connectivity index (χ3n) is 3.80. The normalized spacial score (nSPS) is 17.1. The topological polar surface area (TPSA) is 39.1 Å². The molecule has 19 heavy (non-hydrogen) atoms. The lowest BCUT2D eigenvalue weighted by molar-refractivity contribution is 0.215. The van der Waals surface area contributed by atoms with Crippen LogP contribution in [0.25, 0.3) is 0 Å². The van der Waals surface area contributed by atoms with E-state index in [9.17, 15) is 0 Å². The Morgan fingerprint density at radius 2 is 2.16 bits per heavy atom. The van der Waals surface area contributed by atoms with E-state index in [0.29, 0.717) is 10.6 Å². The van der Waals surface area contributed by atoms with E-state index in [2.05, 4.69) is 23.3 Å². The summed E-state index contributed by atoms with van der Waals surface area (Å²) < 4.78 is 0. The predicted molar refractivity (Wildman–Crippen MR) is 79.5 cm³/mol. The van der Waals surface area contributed by atoms with Gasteiger partial charge in [0.2, 0.25) is 0 Å². The van der Waals surface area contributed by atoms with E-state index < -0.39 is 0 Å². The van der Waals surface area contributed by atoms with E-state index in [1.807, 2.05) is 6.07 Å². The number of hydrogen-bond donors (Lipinski definition) is 1. The second-order valence-electron chi connectivity index (χ2n) is 5.27. The first-order valence-corrected chi connectivity index (χ1v) is 7.19. The van der Waals surface area contributed by atoms with E-state index in [-0.39, 0.29) is 0 Å². The van der Waals surface area contributed by atoms with Gasteiger partial charge in [-0.3, -0.25) is 0 Å². The summed E-state index contributed by atoms with van der Waals surface area (Å²) in [5.74, 6) is 0.820. The summed E-state index contributed by atoms with van der Waals surface area (Å²) in [7, 11) is 2.19. The van der Waals surface area contributed by atoms with Crippen LogP contribution in [0.2, 0.25) is 5.02 Å². The van der Waals surface area contributed by atoms with Crippen molar-refractivity contribution in [3.63, 3.8) is 0 Å². The highest BCUT2D eigenvalue weighted by Gasteiger charge is 2.16. The van der Waals surface area contributed by atoms with Crippen molar-refractivity contribution in [2.75, 3.05) is 32.0 Å². The third-order valence-corrected chi connectivity index (χ3v) is 4.12. The minimum atomic E-state index is 0.603. The van der Waals surface area contributed by atoms with Crippen molar-refractivity contribution in [2.24, 2.45) is 5.92 Å². The smallest absolute Gasteiger partial charge is 0.0992 e. The van der Waals surface area contributed by atoms with Crippen LogP contribution in [0, 0.1) is 17.2 Å². The van der Waals surface area contributed by atoms with Crippen molar-refractivity contribution in [1.82, 2.24) is 4.90 Å². The third kappa shape index (κ3) is 4.12. The van der Waals surface area contributed by atoms with Crippen molar-refractivity contribution in [3.05, 3.63) is 28.8 Å². The standard InChI is InChI=1S/C15H20ClN3/c1-19-8-5-12(6-9-19)4-7-18-15-3-2-13(11-17)10-14(15)16/h2-3,10,12,18H,4-9H2,1H3. The summed E-state index contributed by atoms with van der Waals surface area (Å²) in [6.45, 7) is 3.37. The average molecular weight is 278 g/mol. The van der Waals surface area contributed by atoms with Gasteiger partial charge in [-0.1, -0.05) is 11.6 Å². The summed E-state index contributed by atoms with van der Waals surface area (Å²) in [5.41, 5.74) is 1.53. The lowest BCUT2D eigenvalue weighted by Crippen LogP contribution is -2.30. The van der Waals surface area contributed by atoms with Crippen LogP contribution in [-0.4, -0.2) is 31.6 Å². The summed E-state index contributed by atoms with van der Waals surface area (Å²) in [5, 5.41) is 12.8. The highest BCUT2D eigenvalue weighted by atomic mass is 35.5. The molecule has 1 heterocycles. The molecule has 2 rings (SSSR count). The minimum Gasteiger partial charge on any atom is -0.384 e. The van der Waals surface area contributed by atoms with Gasteiger partial charge in [0, 0.05) is 6.54 Å². The Labute approximate surface area is 120 Å². The summed E-state index contributed by atoms with van der Waals surface area (Å²) in [4.78, 5) is 2.39. The van der Waals surface area contributed by atoms with Gasteiger partial charge >= 0.3 is 0 Å². The molecule has 1 fully saturated rings. The molecule has 1 saturated heterocycles. The molecule has 102 valence electrons. The zero-order chi connectivity index (χ0) is 13.7. The number of anilines is 1. The van der Waals surface area contributed by atoms with E-state index in [1.165, 1.54) is 32.4 Å². The van der Waals surface area contributed by atoms with Crippen LogP contribution in [-0.2, 0) is 0 Å². The number of piperidine rings is 1. The highest BCUT2D eigenvalue weighted by molar-refractivity contribution is 6.33. The molecule has 1 aliphatic rings. The number of nitrogens with zero attached hydrogens (tertiary/aromatic N) is 2. The van der Waals surface area contributed by atoms with Crippen LogP contribution >= 0.6 is 11.6 Å². The number of halogens is 1. The molecular weight excluding hydrogens is 258 g/mol. The maximum absolute atomic E-state index is 8.79. The quantitative estimate of drug-likeness (QED) is 0.917. The molecule has 0 amide bonds. The summed E-state index contributed by atoms with van der Waals surface area (Å²) >= 11 is 6.13. The first-order chi connectivity index (χ1) is 9.19. The number of nitriles is 1. The lowest BCUT2D eigenvalue weighted by Gasteiger charge is -2.29. The van der Waals surface area contributed by atoms with Crippen molar-refractivity contribution >= 4 is 17.3 Å². The number of benzene rings is 1. The molecule has 3 nitrogen and oxygen atoms in total. The Morgan fingerprint density at radius 1 is 1.42 bits per heavy atom. The van der Waals surface area contributed by atoms with Gasteiger partial charge in [-0.25, -0.2) is 0 Å². The van der Waals surface area contributed by atoms with Gasteiger partial charge in [0.15, 0.2) is 0 Å². The number of likely N-dealkylation sites (tertiary alicyclic amines) is 1. The molecule has 0 spiro atoms. The molecule has 0 radical (unpaired) electrons. The van der Waals surface area contributed by atoms with E-state index in [0.717, 1.165) is 18.2 Å². The summed E-state index contributed by atoms with van der Waals surface area (Å²) in [6.07, 6.45) is 3.77. The first-order valence-electron chi connectivity index (χ1n) is 6.81. The van der Waals surface area contributed by atoms with Gasteiger partial charge in [0.25, 0.3) is 0 Å². The molecule has 0 saturated carbocycles. The molecule has 1 aromatic carbocycles. The fourth-order valence-corrected chi connectivity index (χ4v) is 2.74. The number of hydrogen-bond acceptors (Lipinski definition) is 3. The zero-order valence-corrected chi connectivity index (χ0v) is 12.1. The highest BCUT2D eigenvalue weighted by Crippen LogP contribution is 2.24. The van der Waals surface area contributed by atoms with E-state index >= 15 is 0 Å². The Balaban J connectivity index is 1.78. The minimum absolute atomic E-state index is 0.603. The van der Waals surface area contributed by atoms with Gasteiger partial charge in [0.1, 0.15) is 0 Å². The van der Waals surface area contributed by atoms with Crippen molar-refractivity contribution in [3.8, 4) is 6.07 Å². The van der Waals surface area contributed by atoms with Crippen LogP contribution in [0.5, 0.6) is 0 Å². The monoisotopic (exact) mass is 277 g/mol. The Kier molecular flexibility index (Phi) is 5.07. The van der Waals surface area contributed by atoms with Gasteiger partial charge < -0.3 is 10.2 Å². The molecule has 4 heteroatoms. The maximum Gasteiger partial charge on any atom is 0.0992 e. The van der Waals surface area contributed by atoms with Crippen molar-refractivity contribution in [1.29, 1.82) is 5.26 Å². The maximum atomic E-state index is 8.79. The number of rotatable bonds is 4. The lowest BCUT2D eigenvalue weighted by atomic mass is 9.94. The molecule has 0 aromatic heterocycles. The Bertz CT molecular complexity index is 459. The fraction of sp³-hybridized carbons (Fsp3) is 0.533. The number of nitrogens with one attached hydrogen (secondary N) is 1. The molecular formula is C15H20ClN3. The van der Waals surface area contributed by atoms with Crippen LogP contribution in [0.4, 0.5) is 5.69 Å². The van der Waals surface area contributed by atoms with Crippen LogP contribution in [0.3, 0.4) is 0 Å². The molecule has 1 aliphatic heterocycles. The SMILES string of the molecule is CN1CCC(CCNc2ccc(C#N)cc2Cl)CC1. The molecule has 0 atom stereocenters. The summed E-state index contributed by atoms with van der Waals surface area (Å²) in [6, 6.07) is 7.48. The van der Waals surface area contributed by atoms with Crippen LogP contribution < -0.4 is 5.32 Å². The zero-order valence-electron chi connectivity index (χ0n) is 11.3. The van der Waals surface area contributed by atoms with Crippen molar-refractivity contribution < 1.29 is 0 Å². The van der Waals surface area contributed by atoms with Crippen molar-refractivity contribution in [2.45, 2.75) is 19.3 Å². The second-order valence-corrected chi connectivity index (χ2v) is 5.68.